The normalized spacial score (nSPS) is 20.9. The third-order valence-electron chi connectivity index (χ3n) is 3.78. The van der Waals surface area contributed by atoms with E-state index in [4.69, 9.17) is 0 Å². The number of halogens is 1. The summed E-state index contributed by atoms with van der Waals surface area (Å²) in [6.07, 6.45) is 4.01. The summed E-state index contributed by atoms with van der Waals surface area (Å²) in [6, 6.07) is 6.58. The van der Waals surface area contributed by atoms with Crippen molar-refractivity contribution in [2.45, 2.75) is 26.2 Å². The molecule has 1 aromatic rings. The lowest BCUT2D eigenvalue weighted by Crippen LogP contribution is -2.38. The quantitative estimate of drug-likeness (QED) is 0.862. The Morgan fingerprint density at radius 3 is 2.83 bits per heavy atom. The number of hydrogen-bond acceptors (Lipinski definition) is 2. The molecule has 0 saturated carbocycles. The van der Waals surface area contributed by atoms with Crippen LogP contribution in [-0.4, -0.2) is 31.1 Å². The Hall–Kier alpha value is -1.09. The minimum Gasteiger partial charge on any atom is -0.384 e. The van der Waals surface area contributed by atoms with Gasteiger partial charge >= 0.3 is 0 Å². The molecule has 1 aliphatic heterocycles. The van der Waals surface area contributed by atoms with Crippen molar-refractivity contribution in [1.29, 1.82) is 0 Å². The van der Waals surface area contributed by atoms with Gasteiger partial charge in [-0.25, -0.2) is 4.39 Å². The number of piperidine rings is 1. The number of nitrogens with zero attached hydrogens (tertiary/aromatic N) is 1. The maximum absolute atomic E-state index is 12.7. The SMILES string of the molecule is CCC1CCCN(CCNc2ccc(F)cc2)C1. The van der Waals surface area contributed by atoms with E-state index >= 15 is 0 Å². The predicted octanol–water partition coefficient (Wildman–Crippen LogP) is 3.36. The first-order valence-corrected chi connectivity index (χ1v) is 6.99. The van der Waals surface area contributed by atoms with Crippen LogP contribution in [0.2, 0.25) is 0 Å². The van der Waals surface area contributed by atoms with Gasteiger partial charge in [0.25, 0.3) is 0 Å². The molecule has 3 heteroatoms. The van der Waals surface area contributed by atoms with Crippen LogP contribution in [0.1, 0.15) is 26.2 Å². The molecule has 1 atom stereocenters. The first-order valence-electron chi connectivity index (χ1n) is 6.99. The Kier molecular flexibility index (Phi) is 5.00. The average molecular weight is 250 g/mol. The van der Waals surface area contributed by atoms with E-state index < -0.39 is 0 Å². The van der Waals surface area contributed by atoms with Crippen LogP contribution in [0.25, 0.3) is 0 Å². The van der Waals surface area contributed by atoms with Crippen LogP contribution >= 0.6 is 0 Å². The van der Waals surface area contributed by atoms with Crippen LogP contribution in [0.15, 0.2) is 24.3 Å². The fourth-order valence-electron chi connectivity index (χ4n) is 2.61. The second-order valence-electron chi connectivity index (χ2n) is 5.15. The van der Waals surface area contributed by atoms with Crippen molar-refractivity contribution in [2.75, 3.05) is 31.5 Å². The number of anilines is 1. The van der Waals surface area contributed by atoms with Crippen molar-refractivity contribution in [3.8, 4) is 0 Å². The van der Waals surface area contributed by atoms with E-state index in [-0.39, 0.29) is 5.82 Å². The Labute approximate surface area is 109 Å². The van der Waals surface area contributed by atoms with E-state index in [2.05, 4.69) is 17.1 Å². The number of nitrogens with one attached hydrogen (secondary N) is 1. The molecule has 100 valence electrons. The topological polar surface area (TPSA) is 15.3 Å². The fraction of sp³-hybridized carbons (Fsp3) is 0.600. The highest BCUT2D eigenvalue weighted by molar-refractivity contribution is 5.42. The molecule has 1 fully saturated rings. The zero-order valence-electron chi connectivity index (χ0n) is 11.2. The summed E-state index contributed by atoms with van der Waals surface area (Å²) in [5.74, 6) is 0.701. The molecule has 0 spiro atoms. The Morgan fingerprint density at radius 2 is 2.11 bits per heavy atom. The van der Waals surface area contributed by atoms with Crippen LogP contribution in [0, 0.1) is 11.7 Å². The van der Waals surface area contributed by atoms with Gasteiger partial charge in [0, 0.05) is 25.3 Å². The van der Waals surface area contributed by atoms with Gasteiger partial charge in [0.15, 0.2) is 0 Å². The van der Waals surface area contributed by atoms with E-state index in [0.717, 1.165) is 24.7 Å². The molecule has 0 bridgehead atoms. The highest BCUT2D eigenvalue weighted by atomic mass is 19.1. The van der Waals surface area contributed by atoms with Gasteiger partial charge in [-0.3, -0.25) is 0 Å². The number of rotatable bonds is 5. The molecule has 1 unspecified atom stereocenters. The standard InChI is InChI=1S/C15H23FN2/c1-2-13-4-3-10-18(12-13)11-9-17-15-7-5-14(16)6-8-15/h5-8,13,17H,2-4,9-12H2,1H3. The van der Waals surface area contributed by atoms with E-state index in [1.165, 1.54) is 44.5 Å². The summed E-state index contributed by atoms with van der Waals surface area (Å²) < 4.78 is 12.7. The summed E-state index contributed by atoms with van der Waals surface area (Å²) in [7, 11) is 0. The van der Waals surface area contributed by atoms with Crippen LogP contribution < -0.4 is 5.32 Å². The zero-order valence-corrected chi connectivity index (χ0v) is 11.2. The molecule has 1 aliphatic rings. The average Bonchev–Trinajstić information content (AvgIpc) is 2.41. The maximum Gasteiger partial charge on any atom is 0.123 e. The van der Waals surface area contributed by atoms with E-state index in [1.54, 1.807) is 12.1 Å². The van der Waals surface area contributed by atoms with Gasteiger partial charge < -0.3 is 10.2 Å². The van der Waals surface area contributed by atoms with Gasteiger partial charge in [-0.2, -0.15) is 0 Å². The van der Waals surface area contributed by atoms with Gasteiger partial charge in [-0.1, -0.05) is 13.3 Å². The van der Waals surface area contributed by atoms with Gasteiger partial charge in [0.05, 0.1) is 0 Å². The molecule has 2 rings (SSSR count). The molecule has 1 heterocycles. The van der Waals surface area contributed by atoms with E-state index in [9.17, 15) is 4.39 Å². The Morgan fingerprint density at radius 1 is 1.33 bits per heavy atom. The molecule has 0 aliphatic carbocycles. The molecule has 1 N–H and O–H groups in total. The van der Waals surface area contributed by atoms with Crippen molar-refractivity contribution in [1.82, 2.24) is 4.90 Å². The summed E-state index contributed by atoms with van der Waals surface area (Å²) in [6.45, 7) is 6.75. The molecule has 0 aromatic heterocycles. The maximum atomic E-state index is 12.7. The first-order chi connectivity index (χ1) is 8.78. The molecule has 18 heavy (non-hydrogen) atoms. The minimum atomic E-state index is -0.178. The van der Waals surface area contributed by atoms with Gasteiger partial charge in [0.1, 0.15) is 5.82 Å². The van der Waals surface area contributed by atoms with Gasteiger partial charge in [0.2, 0.25) is 0 Å². The molecular weight excluding hydrogens is 227 g/mol. The summed E-state index contributed by atoms with van der Waals surface area (Å²) >= 11 is 0. The van der Waals surface area contributed by atoms with Gasteiger partial charge in [-0.05, 0) is 49.6 Å². The van der Waals surface area contributed by atoms with E-state index in [0.29, 0.717) is 0 Å². The minimum absolute atomic E-state index is 0.178. The summed E-state index contributed by atoms with van der Waals surface area (Å²) in [5, 5.41) is 3.34. The fourth-order valence-corrected chi connectivity index (χ4v) is 2.61. The monoisotopic (exact) mass is 250 g/mol. The van der Waals surface area contributed by atoms with Crippen LogP contribution in [-0.2, 0) is 0 Å². The lowest BCUT2D eigenvalue weighted by Gasteiger charge is -2.32. The third-order valence-corrected chi connectivity index (χ3v) is 3.78. The van der Waals surface area contributed by atoms with Crippen molar-refractivity contribution in [3.05, 3.63) is 30.1 Å². The van der Waals surface area contributed by atoms with Crippen molar-refractivity contribution < 1.29 is 4.39 Å². The van der Waals surface area contributed by atoms with Gasteiger partial charge in [-0.15, -0.1) is 0 Å². The van der Waals surface area contributed by atoms with Crippen LogP contribution in [0.5, 0.6) is 0 Å². The smallest absolute Gasteiger partial charge is 0.123 e. The lowest BCUT2D eigenvalue weighted by atomic mass is 9.96. The molecule has 1 saturated heterocycles. The molecule has 1 aromatic carbocycles. The number of benzene rings is 1. The molecule has 2 nitrogen and oxygen atoms in total. The number of likely N-dealkylation sites (tertiary alicyclic amines) is 1. The molecular formula is C15H23FN2. The second kappa shape index (κ2) is 6.74. The summed E-state index contributed by atoms with van der Waals surface area (Å²) in [5.41, 5.74) is 1.00. The third kappa shape index (κ3) is 3.98. The molecule has 0 radical (unpaired) electrons. The lowest BCUT2D eigenvalue weighted by molar-refractivity contribution is 0.177. The molecule has 0 amide bonds. The van der Waals surface area contributed by atoms with Crippen molar-refractivity contribution >= 4 is 5.69 Å². The number of hydrogen-bond donors (Lipinski definition) is 1. The first kappa shape index (κ1) is 13.3. The van der Waals surface area contributed by atoms with E-state index in [1.807, 2.05) is 0 Å². The van der Waals surface area contributed by atoms with Crippen LogP contribution in [0.4, 0.5) is 10.1 Å². The Bertz CT molecular complexity index is 350. The second-order valence-corrected chi connectivity index (χ2v) is 5.15. The van der Waals surface area contributed by atoms with Crippen LogP contribution in [0.3, 0.4) is 0 Å². The zero-order chi connectivity index (χ0) is 12.8. The Balaban J connectivity index is 1.70. The predicted molar refractivity (Wildman–Crippen MR) is 74.3 cm³/mol. The highest BCUT2D eigenvalue weighted by Crippen LogP contribution is 2.18. The van der Waals surface area contributed by atoms with Crippen molar-refractivity contribution in [2.24, 2.45) is 5.92 Å². The highest BCUT2D eigenvalue weighted by Gasteiger charge is 2.17. The largest absolute Gasteiger partial charge is 0.384 e. The van der Waals surface area contributed by atoms with Crippen molar-refractivity contribution in [3.63, 3.8) is 0 Å². The summed E-state index contributed by atoms with van der Waals surface area (Å²) in [4.78, 5) is 2.54.